The number of carbonyl (C=O) groups is 1. The second-order valence-electron chi connectivity index (χ2n) is 5.15. The van der Waals surface area contributed by atoms with E-state index in [0.29, 0.717) is 17.5 Å². The Kier molecular flexibility index (Phi) is 8.68. The van der Waals surface area contributed by atoms with Gasteiger partial charge in [0.15, 0.2) is 0 Å². The van der Waals surface area contributed by atoms with Gasteiger partial charge in [-0.25, -0.2) is 0 Å². The molecule has 0 amide bonds. The summed E-state index contributed by atoms with van der Waals surface area (Å²) in [5.41, 5.74) is 1.68. The number of likely N-dealkylation sites (N-methyl/N-ethyl adjacent to an activating group) is 1. The molecule has 0 N–H and O–H groups in total. The summed E-state index contributed by atoms with van der Waals surface area (Å²) in [4.78, 5) is 12.7. The highest BCUT2D eigenvalue weighted by Gasteiger charge is 2.24. The van der Waals surface area contributed by atoms with E-state index in [9.17, 15) is 4.79 Å². The molecule has 0 bridgehead atoms. The first-order chi connectivity index (χ1) is 10.5. The Morgan fingerprint density at radius 3 is 2.64 bits per heavy atom. The van der Waals surface area contributed by atoms with Gasteiger partial charge in [-0.3, -0.25) is 9.10 Å². The summed E-state index contributed by atoms with van der Waals surface area (Å²) >= 11 is 7.88. The molecule has 1 saturated heterocycles. The minimum absolute atomic E-state index is 0.181. The van der Waals surface area contributed by atoms with Crippen LogP contribution >= 0.6 is 23.5 Å². The molecule has 0 atom stereocenters. The van der Waals surface area contributed by atoms with Crippen molar-refractivity contribution >= 4 is 30.0 Å². The van der Waals surface area contributed by atoms with Gasteiger partial charge < -0.3 is 9.64 Å². The molecular formula is C16H25ClN2O2S. The minimum Gasteiger partial charge on any atom is -0.463 e. The number of hydrogen-bond donors (Lipinski definition) is 0. The largest absolute Gasteiger partial charge is 0.463 e. The second-order valence-corrected chi connectivity index (χ2v) is 6.47. The van der Waals surface area contributed by atoms with Gasteiger partial charge in [-0.15, -0.1) is 0 Å². The van der Waals surface area contributed by atoms with Crippen molar-refractivity contribution in [3.8, 4) is 0 Å². The van der Waals surface area contributed by atoms with E-state index in [1.807, 2.05) is 14.0 Å². The lowest BCUT2D eigenvalue weighted by Crippen LogP contribution is -2.40. The highest BCUT2D eigenvalue weighted by atomic mass is 35.5. The van der Waals surface area contributed by atoms with Crippen LogP contribution in [0.5, 0.6) is 0 Å². The van der Waals surface area contributed by atoms with E-state index in [2.05, 4.69) is 22.0 Å². The number of allylic oxidation sites excluding steroid dienone is 3. The van der Waals surface area contributed by atoms with E-state index in [1.165, 1.54) is 0 Å². The van der Waals surface area contributed by atoms with Crippen LogP contribution in [0.4, 0.5) is 0 Å². The van der Waals surface area contributed by atoms with Crippen LogP contribution in [-0.4, -0.2) is 54.7 Å². The van der Waals surface area contributed by atoms with Crippen LogP contribution in [0.2, 0.25) is 0 Å². The maximum atomic E-state index is 10.5. The first kappa shape index (κ1) is 19.1. The van der Waals surface area contributed by atoms with E-state index in [4.69, 9.17) is 16.3 Å². The number of ether oxygens (including phenoxy) is 1. The smallest absolute Gasteiger partial charge is 0.293 e. The molecule has 0 spiro atoms. The average Bonchev–Trinajstić information content (AvgIpc) is 2.57. The second kappa shape index (κ2) is 9.98. The van der Waals surface area contributed by atoms with Crippen LogP contribution < -0.4 is 0 Å². The fourth-order valence-electron chi connectivity index (χ4n) is 2.44. The molecule has 0 aromatic heterocycles. The standard InChI is InChI=1S/C16H25ClN2O2S/c1-5-15(17)10-14(11-21-12-20)13(2)18(3)16-6-8-19(22-4)9-7-16/h5,10,12,16H,2,6-9,11H2,1,3-4H3/b14-10-,15-5+. The Labute approximate surface area is 142 Å². The molecule has 0 unspecified atom stereocenters. The van der Waals surface area contributed by atoms with Gasteiger partial charge in [0.1, 0.15) is 6.61 Å². The Bertz CT molecular complexity index is 443. The lowest BCUT2D eigenvalue weighted by Gasteiger charge is -2.38. The molecule has 1 fully saturated rings. The van der Waals surface area contributed by atoms with E-state index < -0.39 is 0 Å². The SMILES string of the molecule is C=C(/C(=C\C(Cl)=C/C)COC=O)N(C)C1CCN(SC)CC1. The fraction of sp³-hybridized carbons (Fsp3) is 0.562. The summed E-state index contributed by atoms with van der Waals surface area (Å²) in [7, 11) is 2.04. The summed E-state index contributed by atoms with van der Waals surface area (Å²) in [5, 5.41) is 0.608. The highest BCUT2D eigenvalue weighted by molar-refractivity contribution is 7.96. The van der Waals surface area contributed by atoms with Gasteiger partial charge in [-0.2, -0.15) is 0 Å². The minimum atomic E-state index is 0.181. The quantitative estimate of drug-likeness (QED) is 0.383. The number of nitrogens with zero attached hydrogens (tertiary/aromatic N) is 2. The Morgan fingerprint density at radius 1 is 1.50 bits per heavy atom. The molecule has 6 heteroatoms. The molecule has 1 rings (SSSR count). The van der Waals surface area contributed by atoms with Crippen molar-refractivity contribution in [3.63, 3.8) is 0 Å². The summed E-state index contributed by atoms with van der Waals surface area (Å²) in [6.07, 6.45) is 7.90. The number of hydrogen-bond acceptors (Lipinski definition) is 5. The topological polar surface area (TPSA) is 32.8 Å². The van der Waals surface area contributed by atoms with Crippen LogP contribution in [0.1, 0.15) is 19.8 Å². The van der Waals surface area contributed by atoms with Gasteiger partial charge in [0, 0.05) is 42.5 Å². The molecule has 4 nitrogen and oxygen atoms in total. The fourth-order valence-corrected chi connectivity index (χ4v) is 3.15. The van der Waals surface area contributed by atoms with Gasteiger partial charge in [0.05, 0.1) is 0 Å². The van der Waals surface area contributed by atoms with E-state index in [-0.39, 0.29) is 6.61 Å². The van der Waals surface area contributed by atoms with Crippen molar-refractivity contribution in [2.45, 2.75) is 25.8 Å². The first-order valence-corrected chi connectivity index (χ1v) is 8.88. The third-order valence-electron chi connectivity index (χ3n) is 3.92. The van der Waals surface area contributed by atoms with E-state index in [1.54, 1.807) is 24.1 Å². The van der Waals surface area contributed by atoms with Crippen LogP contribution in [0.25, 0.3) is 0 Å². The maximum absolute atomic E-state index is 10.5. The maximum Gasteiger partial charge on any atom is 0.293 e. The normalized spacial score (nSPS) is 18.2. The van der Waals surface area contributed by atoms with Crippen molar-refractivity contribution in [2.75, 3.05) is 33.0 Å². The van der Waals surface area contributed by atoms with E-state index in [0.717, 1.165) is 37.2 Å². The number of piperidine rings is 1. The molecule has 22 heavy (non-hydrogen) atoms. The monoisotopic (exact) mass is 344 g/mol. The van der Waals surface area contributed by atoms with Crippen LogP contribution in [0, 0.1) is 0 Å². The zero-order valence-corrected chi connectivity index (χ0v) is 15.1. The van der Waals surface area contributed by atoms with Crippen LogP contribution in [0.3, 0.4) is 0 Å². The van der Waals surface area contributed by atoms with Crippen molar-refractivity contribution < 1.29 is 9.53 Å². The lowest BCUT2D eigenvalue weighted by molar-refractivity contribution is -0.127. The molecule has 0 saturated carbocycles. The number of rotatable bonds is 8. The zero-order valence-electron chi connectivity index (χ0n) is 13.5. The average molecular weight is 345 g/mol. The van der Waals surface area contributed by atoms with Crippen LogP contribution in [-0.2, 0) is 9.53 Å². The number of halogens is 1. The highest BCUT2D eigenvalue weighted by Crippen LogP contribution is 2.25. The molecule has 1 aliphatic rings. The predicted octanol–water partition coefficient (Wildman–Crippen LogP) is 3.42. The van der Waals surface area contributed by atoms with Crippen LogP contribution in [0.15, 0.2) is 35.0 Å². The molecule has 1 heterocycles. The molecular weight excluding hydrogens is 320 g/mol. The van der Waals surface area contributed by atoms with Crippen molar-refractivity contribution in [2.24, 2.45) is 0 Å². The third-order valence-corrected chi connectivity index (χ3v) is 5.13. The van der Waals surface area contributed by atoms with Crippen molar-refractivity contribution in [1.82, 2.24) is 9.21 Å². The van der Waals surface area contributed by atoms with Crippen molar-refractivity contribution in [1.29, 1.82) is 0 Å². The Hall–Kier alpha value is -0.910. The summed E-state index contributed by atoms with van der Waals surface area (Å²) in [6, 6.07) is 0.444. The van der Waals surface area contributed by atoms with E-state index >= 15 is 0 Å². The summed E-state index contributed by atoms with van der Waals surface area (Å²) in [6.45, 7) is 8.80. The Morgan fingerprint density at radius 2 is 2.14 bits per heavy atom. The molecule has 1 aliphatic heterocycles. The molecule has 0 aromatic carbocycles. The first-order valence-electron chi connectivity index (χ1n) is 7.32. The van der Waals surface area contributed by atoms with Gasteiger partial charge in [0.25, 0.3) is 6.47 Å². The molecule has 0 radical (unpaired) electrons. The molecule has 0 aliphatic carbocycles. The van der Waals surface area contributed by atoms with Crippen molar-refractivity contribution in [3.05, 3.63) is 35.0 Å². The van der Waals surface area contributed by atoms with Gasteiger partial charge >= 0.3 is 0 Å². The predicted molar refractivity (Wildman–Crippen MR) is 94.7 cm³/mol. The summed E-state index contributed by atoms with van der Waals surface area (Å²) in [5.74, 6) is 0. The molecule has 0 aromatic rings. The van der Waals surface area contributed by atoms with Gasteiger partial charge in [0.2, 0.25) is 0 Å². The van der Waals surface area contributed by atoms with Gasteiger partial charge in [-0.05, 0) is 32.1 Å². The van der Waals surface area contributed by atoms with Gasteiger partial charge in [-0.1, -0.05) is 36.2 Å². The zero-order chi connectivity index (χ0) is 16.5. The number of carbonyl (C=O) groups excluding carboxylic acids is 1. The molecule has 124 valence electrons. The summed E-state index contributed by atoms with van der Waals surface area (Å²) < 4.78 is 7.27. The third kappa shape index (κ3) is 5.71. The Balaban J connectivity index is 2.76. The lowest BCUT2D eigenvalue weighted by atomic mass is 10.0.